The lowest BCUT2D eigenvalue weighted by Crippen LogP contribution is -2.25. The van der Waals surface area contributed by atoms with Crippen LogP contribution in [0.1, 0.15) is 68.8 Å². The minimum Gasteiger partial charge on any atom is -0.481 e. The topological polar surface area (TPSA) is 183 Å². The summed E-state index contributed by atoms with van der Waals surface area (Å²) in [6.45, 7) is 12.7. The number of primary amides is 1. The van der Waals surface area contributed by atoms with Crippen LogP contribution in [0.2, 0.25) is 0 Å². The summed E-state index contributed by atoms with van der Waals surface area (Å²) in [6, 6.07) is 20.7. The molecule has 2 aromatic carbocycles. The Morgan fingerprint density at radius 2 is 1.49 bits per heavy atom. The van der Waals surface area contributed by atoms with Gasteiger partial charge in [-0.25, -0.2) is 9.79 Å². The number of ether oxygens (including phenoxy) is 1. The van der Waals surface area contributed by atoms with Gasteiger partial charge in [0, 0.05) is 11.4 Å². The number of rotatable bonds is 9. The van der Waals surface area contributed by atoms with Crippen LogP contribution in [0, 0.1) is 0 Å². The Morgan fingerprint density at radius 1 is 0.884 bits per heavy atom. The molecule has 10 nitrogen and oxygen atoms in total. The van der Waals surface area contributed by atoms with E-state index in [0.29, 0.717) is 11.4 Å². The number of amides is 2. The number of aliphatic carboxylic acids is 1. The molecular weight excluding hydrogens is 566 g/mol. The zero-order chi connectivity index (χ0) is 33.0. The highest BCUT2D eigenvalue weighted by Gasteiger charge is 2.11. The minimum atomic E-state index is -0.945. The number of carboxylic acid groups (broad SMARTS) is 1. The summed E-state index contributed by atoms with van der Waals surface area (Å²) < 4.78 is 4.57. The maximum Gasteiger partial charge on any atom is 0.404 e. The second-order valence-electron chi connectivity index (χ2n) is 7.76. The molecule has 3 rings (SSSR count). The normalized spacial score (nSPS) is 9.16. The Bertz CT molecular complexity index is 1240. The smallest absolute Gasteiger partial charge is 0.404 e. The Hall–Kier alpha value is -4.64. The van der Waals surface area contributed by atoms with E-state index in [4.69, 9.17) is 22.3 Å². The van der Waals surface area contributed by atoms with Crippen molar-refractivity contribution in [2.45, 2.75) is 61.1 Å². The molecule has 0 aliphatic heterocycles. The molecule has 0 radical (unpaired) electrons. The first kappa shape index (κ1) is 40.5. The zero-order valence-corrected chi connectivity index (χ0v) is 26.8. The van der Waals surface area contributed by atoms with Gasteiger partial charge in [0.05, 0.1) is 17.8 Å². The zero-order valence-electron chi connectivity index (χ0n) is 26.0. The lowest BCUT2D eigenvalue weighted by molar-refractivity contribution is -0.136. The molecule has 1 heterocycles. The highest BCUT2D eigenvalue weighted by molar-refractivity contribution is 7.17. The fourth-order valence-corrected chi connectivity index (χ4v) is 3.64. The molecule has 0 spiro atoms. The Kier molecular flexibility index (Phi) is 24.7. The van der Waals surface area contributed by atoms with Crippen molar-refractivity contribution in [1.29, 1.82) is 0 Å². The molecule has 0 atom stereocenters. The molecule has 236 valence electrons. The Balaban J connectivity index is 0. The van der Waals surface area contributed by atoms with Crippen LogP contribution in [0.25, 0.3) is 10.4 Å². The van der Waals surface area contributed by atoms with E-state index in [1.54, 1.807) is 6.07 Å². The first-order valence-corrected chi connectivity index (χ1v) is 14.8. The van der Waals surface area contributed by atoms with Gasteiger partial charge in [-0.1, -0.05) is 88.4 Å². The fraction of sp³-hybridized carbons (Fsp3) is 0.312. The summed E-state index contributed by atoms with van der Waals surface area (Å²) in [7, 11) is 0. The third-order valence-corrected chi connectivity index (χ3v) is 5.80. The van der Waals surface area contributed by atoms with Crippen molar-refractivity contribution in [3.8, 4) is 10.4 Å². The summed E-state index contributed by atoms with van der Waals surface area (Å²) in [5.41, 5.74) is 18.3. The molecular formula is C32H47N5O5S. The van der Waals surface area contributed by atoms with Crippen molar-refractivity contribution in [3.63, 3.8) is 0 Å². The summed E-state index contributed by atoms with van der Waals surface area (Å²) in [4.78, 5) is 38.1. The third kappa shape index (κ3) is 20.8. The van der Waals surface area contributed by atoms with Crippen molar-refractivity contribution in [2.75, 3.05) is 6.54 Å². The number of thiophene rings is 1. The highest BCUT2D eigenvalue weighted by atomic mass is 32.1. The lowest BCUT2D eigenvalue weighted by Gasteiger charge is -2.02. The van der Waals surface area contributed by atoms with Crippen molar-refractivity contribution >= 4 is 35.3 Å². The molecule has 0 fully saturated rings. The van der Waals surface area contributed by atoms with E-state index in [-0.39, 0.29) is 31.4 Å². The second kappa shape index (κ2) is 26.3. The summed E-state index contributed by atoms with van der Waals surface area (Å²) in [5.74, 6) is -1.18. The van der Waals surface area contributed by atoms with Crippen LogP contribution in [0.15, 0.2) is 83.9 Å². The molecule has 0 unspecified atom stereocenters. The quantitative estimate of drug-likeness (QED) is 0.106. The number of nitrogens with two attached hydrogens (primary N) is 3. The van der Waals surface area contributed by atoms with E-state index < -0.39 is 12.1 Å². The van der Waals surface area contributed by atoms with E-state index in [0.717, 1.165) is 21.6 Å². The van der Waals surface area contributed by atoms with Gasteiger partial charge < -0.3 is 32.4 Å². The number of allylic oxidation sites excluding steroid dienone is 2. The summed E-state index contributed by atoms with van der Waals surface area (Å²) in [5, 5.41) is 11.2. The van der Waals surface area contributed by atoms with E-state index in [9.17, 15) is 14.4 Å². The number of nitrogens with one attached hydrogen (secondary N) is 1. The van der Waals surface area contributed by atoms with E-state index in [2.05, 4.69) is 15.0 Å². The van der Waals surface area contributed by atoms with Crippen molar-refractivity contribution in [2.24, 2.45) is 22.2 Å². The maximum atomic E-state index is 12.0. The number of hydrogen-bond donors (Lipinski definition) is 5. The van der Waals surface area contributed by atoms with Crippen molar-refractivity contribution in [3.05, 3.63) is 94.9 Å². The molecule has 43 heavy (non-hydrogen) atoms. The molecule has 2 amide bonds. The van der Waals surface area contributed by atoms with Crippen LogP contribution < -0.4 is 22.5 Å². The molecule has 0 saturated heterocycles. The van der Waals surface area contributed by atoms with Crippen LogP contribution in [0.4, 0.5) is 4.79 Å². The number of nitrogens with zero attached hydrogens (tertiary/aromatic N) is 1. The molecule has 0 bridgehead atoms. The number of carbonyl (C=O) groups excluding carboxylic acids is 2. The van der Waals surface area contributed by atoms with Gasteiger partial charge in [0.1, 0.15) is 6.61 Å². The molecule has 0 aliphatic rings. The number of guanidine groups is 1. The predicted molar refractivity (Wildman–Crippen MR) is 178 cm³/mol. The Labute approximate surface area is 259 Å². The number of benzene rings is 2. The van der Waals surface area contributed by atoms with Gasteiger partial charge in [0.2, 0.25) is 0 Å². The van der Waals surface area contributed by atoms with Gasteiger partial charge >= 0.3 is 12.1 Å². The summed E-state index contributed by atoms with van der Waals surface area (Å²) >= 11 is 1.34. The minimum absolute atomic E-state index is 0.0387. The van der Waals surface area contributed by atoms with Gasteiger partial charge in [-0.05, 0) is 48.7 Å². The summed E-state index contributed by atoms with van der Waals surface area (Å²) in [6.07, 6.45) is 3.16. The second-order valence-corrected chi connectivity index (χ2v) is 8.85. The molecule has 0 saturated carbocycles. The van der Waals surface area contributed by atoms with Crippen LogP contribution in [0.3, 0.4) is 0 Å². The van der Waals surface area contributed by atoms with E-state index in [1.165, 1.54) is 11.3 Å². The Morgan fingerprint density at radius 3 is 2.02 bits per heavy atom. The van der Waals surface area contributed by atoms with E-state index in [1.807, 2.05) is 114 Å². The van der Waals surface area contributed by atoms with Gasteiger partial charge in [-0.2, -0.15) is 0 Å². The van der Waals surface area contributed by atoms with Gasteiger partial charge in [-0.3, -0.25) is 9.59 Å². The lowest BCUT2D eigenvalue weighted by atomic mass is 10.1. The van der Waals surface area contributed by atoms with Crippen LogP contribution in [0.5, 0.6) is 0 Å². The number of carboxylic acids is 1. The highest BCUT2D eigenvalue weighted by Crippen LogP contribution is 2.28. The van der Waals surface area contributed by atoms with Crippen LogP contribution in [-0.4, -0.2) is 35.6 Å². The monoisotopic (exact) mass is 613 g/mol. The largest absolute Gasteiger partial charge is 0.481 e. The first-order chi connectivity index (χ1) is 20.7. The maximum absolute atomic E-state index is 12.0. The third-order valence-electron chi connectivity index (χ3n) is 4.67. The average Bonchev–Trinajstić information content (AvgIpc) is 3.53. The van der Waals surface area contributed by atoms with Crippen molar-refractivity contribution in [1.82, 2.24) is 5.32 Å². The van der Waals surface area contributed by atoms with E-state index >= 15 is 0 Å². The number of aliphatic imine (C=N–C) groups is 1. The SMILES string of the molecule is C/C=C\C.CC.CC.NC(=O)OCc1ccccc1.NC(N)=NCc1cccc(-c2ccc(C(=O)NCCC(=O)O)s2)c1. The predicted octanol–water partition coefficient (Wildman–Crippen LogP) is 6.31. The first-order valence-electron chi connectivity index (χ1n) is 13.9. The van der Waals surface area contributed by atoms with Crippen molar-refractivity contribution < 1.29 is 24.2 Å². The van der Waals surface area contributed by atoms with Gasteiger partial charge in [0.25, 0.3) is 5.91 Å². The number of carbonyl (C=O) groups is 3. The molecule has 11 heteroatoms. The van der Waals surface area contributed by atoms with Gasteiger partial charge in [-0.15, -0.1) is 11.3 Å². The molecule has 3 aromatic rings. The molecule has 1 aromatic heterocycles. The van der Waals surface area contributed by atoms with Crippen LogP contribution in [-0.2, 0) is 22.7 Å². The molecule has 0 aliphatic carbocycles. The van der Waals surface area contributed by atoms with Gasteiger partial charge in [0.15, 0.2) is 5.96 Å². The average molecular weight is 614 g/mol. The van der Waals surface area contributed by atoms with Crippen LogP contribution >= 0.6 is 11.3 Å². The standard InChI is InChI=1S/C16H18N4O3S.C8H9NO2.C4H8.2C2H6/c17-16(18)20-9-10-2-1-3-11(8-10)12-4-5-13(24-12)15(23)19-7-6-14(21)22;9-8(10)11-6-7-4-2-1-3-5-7;1-3-4-2;2*1-2/h1-5,8H,6-7,9H2,(H,19,23)(H,21,22)(H4,17,18,20);1-5H,6H2,(H2,9,10);3-4H,1-2H3;2*1-2H3/b;;4-3-;;. The fourth-order valence-electron chi connectivity index (χ4n) is 2.72. The number of hydrogen-bond acceptors (Lipinski definition) is 6. The molecule has 8 N–H and O–H groups in total.